The van der Waals surface area contributed by atoms with E-state index < -0.39 is 0 Å². The smallest absolute Gasteiger partial charge is 0.316 e. The van der Waals surface area contributed by atoms with E-state index in [-0.39, 0.29) is 12.1 Å². The van der Waals surface area contributed by atoms with Gasteiger partial charge in [0.25, 0.3) is 0 Å². The summed E-state index contributed by atoms with van der Waals surface area (Å²) < 4.78 is 7.50. The minimum atomic E-state index is 0.140. The van der Waals surface area contributed by atoms with Gasteiger partial charge in [-0.2, -0.15) is 4.98 Å². The molecule has 1 fully saturated rings. The number of benzene rings is 1. The van der Waals surface area contributed by atoms with E-state index in [9.17, 15) is 0 Å². The first-order valence-electron chi connectivity index (χ1n) is 8.44. The first kappa shape index (κ1) is 17.8. The van der Waals surface area contributed by atoms with Crippen molar-refractivity contribution in [1.82, 2.24) is 19.5 Å². The number of hydrogen-bond acceptors (Lipinski definition) is 4. The van der Waals surface area contributed by atoms with Crippen molar-refractivity contribution < 1.29 is 4.74 Å². The van der Waals surface area contributed by atoms with Crippen LogP contribution in [-0.2, 0) is 0 Å². The Labute approximate surface area is 166 Å². The van der Waals surface area contributed by atoms with Crippen LogP contribution in [0.4, 0.5) is 5.69 Å². The topological polar surface area (TPSA) is 57.2 Å². The number of ether oxygens (including phenoxy) is 1. The summed E-state index contributed by atoms with van der Waals surface area (Å²) in [4.78, 5) is 16.5. The van der Waals surface area contributed by atoms with Gasteiger partial charge in [-0.3, -0.25) is 4.57 Å². The molecule has 0 amide bonds. The van der Waals surface area contributed by atoms with Gasteiger partial charge in [0.15, 0.2) is 5.82 Å². The van der Waals surface area contributed by atoms with E-state index in [0.717, 1.165) is 18.4 Å². The molecule has 27 heavy (non-hydrogen) atoms. The highest BCUT2D eigenvalue weighted by molar-refractivity contribution is 6.42. The largest absolute Gasteiger partial charge is 0.460 e. The Morgan fingerprint density at radius 1 is 1.22 bits per heavy atom. The maximum absolute atomic E-state index is 7.38. The van der Waals surface area contributed by atoms with E-state index in [1.54, 1.807) is 29.2 Å². The maximum atomic E-state index is 7.38. The molecule has 0 unspecified atom stereocenters. The Hall–Kier alpha value is -2.62. The van der Waals surface area contributed by atoms with Crippen molar-refractivity contribution in [1.29, 1.82) is 0 Å². The lowest BCUT2D eigenvalue weighted by atomic mass is 9.84. The van der Waals surface area contributed by atoms with Gasteiger partial charge in [0.1, 0.15) is 12.4 Å². The molecule has 136 valence electrons. The number of aromatic nitrogens is 4. The van der Waals surface area contributed by atoms with Crippen LogP contribution in [0.1, 0.15) is 19.8 Å². The summed E-state index contributed by atoms with van der Waals surface area (Å²) in [6, 6.07) is 5.58. The third-order valence-electron chi connectivity index (χ3n) is 4.49. The van der Waals surface area contributed by atoms with E-state index in [2.05, 4.69) is 26.7 Å². The molecule has 0 aliphatic heterocycles. The van der Waals surface area contributed by atoms with Crippen LogP contribution in [-0.4, -0.2) is 25.6 Å². The molecule has 0 N–H and O–H groups in total. The lowest BCUT2D eigenvalue weighted by molar-refractivity contribution is 0.0649. The molecule has 1 aromatic carbocycles. The van der Waals surface area contributed by atoms with Gasteiger partial charge in [0.05, 0.1) is 22.3 Å². The van der Waals surface area contributed by atoms with Crippen LogP contribution in [0.3, 0.4) is 0 Å². The van der Waals surface area contributed by atoms with E-state index in [1.165, 1.54) is 6.20 Å². The second-order valence-electron chi connectivity index (χ2n) is 6.58. The molecule has 1 aliphatic rings. The number of nitrogens with zero attached hydrogens (tertiary/aromatic N) is 5. The molecular weight excluding hydrogens is 385 g/mol. The summed E-state index contributed by atoms with van der Waals surface area (Å²) in [5.74, 6) is 1.10. The quantitative estimate of drug-likeness (QED) is 0.553. The highest BCUT2D eigenvalue weighted by Gasteiger charge is 2.28. The lowest BCUT2D eigenvalue weighted by Gasteiger charge is -2.31. The summed E-state index contributed by atoms with van der Waals surface area (Å²) in [7, 11) is 0. The van der Waals surface area contributed by atoms with Gasteiger partial charge in [-0.15, -0.1) is 0 Å². The van der Waals surface area contributed by atoms with Crippen LogP contribution in [0.25, 0.3) is 21.9 Å². The SMILES string of the molecule is [C-]#[N+]c1cnc(OC2CC(C)C2)nc1-n1cnc(-c2ccc(Cl)c(Cl)c2)c1. The van der Waals surface area contributed by atoms with Gasteiger partial charge in [-0.25, -0.2) is 14.8 Å². The number of rotatable bonds is 4. The van der Waals surface area contributed by atoms with Crippen LogP contribution in [0, 0.1) is 12.5 Å². The Bertz CT molecular complexity index is 1040. The predicted octanol–water partition coefficient (Wildman–Crippen LogP) is 5.36. The molecule has 0 radical (unpaired) electrons. The molecule has 3 aromatic rings. The highest BCUT2D eigenvalue weighted by Crippen LogP contribution is 2.32. The molecule has 0 spiro atoms. The zero-order chi connectivity index (χ0) is 19.0. The fraction of sp³-hybridized carbons (Fsp3) is 0.263. The van der Waals surface area contributed by atoms with Crippen molar-refractivity contribution in [3.8, 4) is 23.1 Å². The number of hydrogen-bond donors (Lipinski definition) is 0. The van der Waals surface area contributed by atoms with E-state index in [0.29, 0.717) is 33.2 Å². The summed E-state index contributed by atoms with van der Waals surface area (Å²) in [6.45, 7) is 9.57. The van der Waals surface area contributed by atoms with Crippen molar-refractivity contribution >= 4 is 28.9 Å². The molecule has 4 rings (SSSR count). The molecule has 6 nitrogen and oxygen atoms in total. The summed E-state index contributed by atoms with van der Waals surface area (Å²) >= 11 is 12.1. The van der Waals surface area contributed by atoms with Crippen LogP contribution in [0.2, 0.25) is 10.0 Å². The molecule has 0 atom stereocenters. The standard InChI is InChI=1S/C19H15Cl2N5O/c1-11-5-13(6-11)27-19-23-8-16(22-2)18(25-19)26-9-17(24-10-26)12-3-4-14(20)15(21)7-12/h3-4,7-11,13H,5-6H2,1H3. The predicted molar refractivity (Wildman–Crippen MR) is 104 cm³/mol. The van der Waals surface area contributed by atoms with Crippen molar-refractivity contribution in [2.24, 2.45) is 5.92 Å². The van der Waals surface area contributed by atoms with Gasteiger partial charge in [0, 0.05) is 18.0 Å². The second-order valence-corrected chi connectivity index (χ2v) is 7.40. The van der Waals surface area contributed by atoms with Crippen molar-refractivity contribution in [3.63, 3.8) is 0 Å². The van der Waals surface area contributed by atoms with Gasteiger partial charge in [-0.05, 0) is 30.9 Å². The summed E-state index contributed by atoms with van der Waals surface area (Å²) in [5.41, 5.74) is 1.84. The molecular formula is C19H15Cl2N5O. The Morgan fingerprint density at radius 3 is 2.74 bits per heavy atom. The van der Waals surface area contributed by atoms with Gasteiger partial charge >= 0.3 is 6.01 Å². The minimum absolute atomic E-state index is 0.140. The Morgan fingerprint density at radius 2 is 2.04 bits per heavy atom. The number of halogens is 2. The molecule has 1 saturated carbocycles. The van der Waals surface area contributed by atoms with Gasteiger partial charge < -0.3 is 4.74 Å². The summed E-state index contributed by atoms with van der Waals surface area (Å²) in [6.07, 6.45) is 6.99. The van der Waals surface area contributed by atoms with Crippen LogP contribution in [0.5, 0.6) is 6.01 Å². The third kappa shape index (κ3) is 3.61. The molecule has 1 aliphatic carbocycles. The van der Waals surface area contributed by atoms with E-state index in [4.69, 9.17) is 34.5 Å². The zero-order valence-electron chi connectivity index (χ0n) is 14.4. The van der Waals surface area contributed by atoms with Crippen LogP contribution < -0.4 is 4.74 Å². The van der Waals surface area contributed by atoms with Gasteiger partial charge in [-0.1, -0.05) is 36.2 Å². The lowest BCUT2D eigenvalue weighted by Crippen LogP contribution is -2.32. The molecule has 8 heteroatoms. The van der Waals surface area contributed by atoms with E-state index in [1.807, 2.05) is 6.07 Å². The van der Waals surface area contributed by atoms with Gasteiger partial charge in [0.2, 0.25) is 5.69 Å². The van der Waals surface area contributed by atoms with E-state index >= 15 is 0 Å². The first-order valence-corrected chi connectivity index (χ1v) is 9.20. The Kier molecular flexibility index (Phi) is 4.73. The monoisotopic (exact) mass is 399 g/mol. The maximum Gasteiger partial charge on any atom is 0.316 e. The summed E-state index contributed by atoms with van der Waals surface area (Å²) in [5, 5.41) is 0.941. The van der Waals surface area contributed by atoms with Crippen LogP contribution in [0.15, 0.2) is 36.9 Å². The second kappa shape index (κ2) is 7.18. The molecule has 2 aromatic heterocycles. The average molecular weight is 400 g/mol. The van der Waals surface area contributed by atoms with Crippen molar-refractivity contribution in [2.45, 2.75) is 25.9 Å². The average Bonchev–Trinajstić information content (AvgIpc) is 3.12. The molecule has 2 heterocycles. The normalized spacial score (nSPS) is 18.6. The van der Waals surface area contributed by atoms with Crippen molar-refractivity contribution in [2.75, 3.05) is 0 Å². The van der Waals surface area contributed by atoms with Crippen LogP contribution >= 0.6 is 23.2 Å². The Balaban J connectivity index is 1.65. The molecule has 0 bridgehead atoms. The highest BCUT2D eigenvalue weighted by atomic mass is 35.5. The first-order chi connectivity index (χ1) is 13.0. The molecule has 0 saturated heterocycles. The fourth-order valence-electron chi connectivity index (χ4n) is 2.99. The van der Waals surface area contributed by atoms with Crippen molar-refractivity contribution in [3.05, 3.63) is 58.4 Å². The third-order valence-corrected chi connectivity index (χ3v) is 5.23. The zero-order valence-corrected chi connectivity index (χ0v) is 15.9. The minimum Gasteiger partial charge on any atom is -0.460 e. The number of imidazole rings is 1. The fourth-order valence-corrected chi connectivity index (χ4v) is 3.29.